The number of carbonyl (C=O) groups excluding carboxylic acids is 1. The molecule has 0 aliphatic carbocycles. The number of hydrogen-bond acceptors (Lipinski definition) is 5. The van der Waals surface area contributed by atoms with Gasteiger partial charge >= 0.3 is 6.18 Å². The molecule has 0 bridgehead atoms. The summed E-state index contributed by atoms with van der Waals surface area (Å²) in [6.07, 6.45) is -5.28. The Kier molecular flexibility index (Phi) is 9.22. The molecule has 0 spiro atoms. The SMILES string of the molecule is C[C@@H]1CN([C@@H](C)CO)C(=O)c2ccccc2-c2ccccc2CO[C@H]1CN(C)S(=O)(=O)c1ccc(C(F)(F)F)cc1. The van der Waals surface area contributed by atoms with Crippen LogP contribution in [0, 0.1) is 5.92 Å². The van der Waals surface area contributed by atoms with E-state index < -0.39 is 33.9 Å². The number of rotatable bonds is 6. The third-order valence-corrected chi connectivity index (χ3v) is 9.26. The Hall–Kier alpha value is -3.25. The van der Waals surface area contributed by atoms with Crippen molar-refractivity contribution < 1.29 is 36.2 Å². The number of fused-ring (bicyclic) bond motifs is 3. The Morgan fingerprint density at radius 2 is 1.59 bits per heavy atom. The quantitative estimate of drug-likeness (QED) is 0.434. The zero-order valence-electron chi connectivity index (χ0n) is 23.0. The Balaban J connectivity index is 1.69. The maximum absolute atomic E-state index is 13.9. The highest BCUT2D eigenvalue weighted by Crippen LogP contribution is 2.32. The smallest absolute Gasteiger partial charge is 0.394 e. The summed E-state index contributed by atoms with van der Waals surface area (Å²) >= 11 is 0. The van der Waals surface area contributed by atoms with Crippen molar-refractivity contribution in [3.63, 3.8) is 0 Å². The molecule has 1 aliphatic heterocycles. The molecule has 3 aromatic rings. The van der Waals surface area contributed by atoms with Crippen molar-refractivity contribution in [3.05, 3.63) is 89.5 Å². The molecule has 0 saturated heterocycles. The van der Waals surface area contributed by atoms with Gasteiger partial charge in [-0.1, -0.05) is 49.4 Å². The predicted octanol–water partition coefficient (Wildman–Crippen LogP) is 5.05. The lowest BCUT2D eigenvalue weighted by Gasteiger charge is -2.35. The number of aliphatic hydroxyl groups is 1. The molecule has 0 fully saturated rings. The van der Waals surface area contributed by atoms with Crippen LogP contribution in [0.1, 0.15) is 35.3 Å². The highest BCUT2D eigenvalue weighted by molar-refractivity contribution is 7.89. The third kappa shape index (κ3) is 6.64. The Labute approximate surface area is 238 Å². The predicted molar refractivity (Wildman–Crippen MR) is 148 cm³/mol. The Morgan fingerprint density at radius 3 is 2.20 bits per heavy atom. The number of aliphatic hydroxyl groups excluding tert-OH is 1. The van der Waals surface area contributed by atoms with Crippen molar-refractivity contribution in [1.29, 1.82) is 0 Å². The van der Waals surface area contributed by atoms with Crippen LogP contribution in [0.5, 0.6) is 0 Å². The van der Waals surface area contributed by atoms with Gasteiger partial charge in [-0.05, 0) is 53.9 Å². The van der Waals surface area contributed by atoms with Gasteiger partial charge in [0.05, 0.1) is 35.8 Å². The third-order valence-electron chi connectivity index (χ3n) is 7.42. The number of sulfonamides is 1. The summed E-state index contributed by atoms with van der Waals surface area (Å²) in [5.74, 6) is -0.647. The van der Waals surface area contributed by atoms with E-state index in [4.69, 9.17) is 4.74 Å². The Morgan fingerprint density at radius 1 is 1.00 bits per heavy atom. The molecule has 1 heterocycles. The lowest BCUT2D eigenvalue weighted by Crippen LogP contribution is -2.47. The van der Waals surface area contributed by atoms with Gasteiger partial charge in [-0.2, -0.15) is 17.5 Å². The van der Waals surface area contributed by atoms with Gasteiger partial charge in [0, 0.05) is 31.6 Å². The summed E-state index contributed by atoms with van der Waals surface area (Å²) < 4.78 is 73.0. The van der Waals surface area contributed by atoms with E-state index in [1.165, 1.54) is 7.05 Å². The van der Waals surface area contributed by atoms with E-state index in [0.717, 1.165) is 45.3 Å². The van der Waals surface area contributed by atoms with Crippen LogP contribution < -0.4 is 0 Å². The number of halogens is 3. The summed E-state index contributed by atoms with van der Waals surface area (Å²) in [4.78, 5) is 15.2. The van der Waals surface area contributed by atoms with Crippen molar-refractivity contribution in [3.8, 4) is 11.1 Å². The summed E-state index contributed by atoms with van der Waals surface area (Å²) in [6.45, 7) is 3.49. The van der Waals surface area contributed by atoms with Crippen LogP contribution in [-0.4, -0.2) is 67.5 Å². The minimum Gasteiger partial charge on any atom is -0.394 e. The molecular formula is C30H33F3N2O5S. The van der Waals surface area contributed by atoms with Gasteiger partial charge in [0.1, 0.15) is 0 Å². The van der Waals surface area contributed by atoms with E-state index in [9.17, 15) is 31.5 Å². The zero-order valence-corrected chi connectivity index (χ0v) is 23.8. The first kappa shape index (κ1) is 30.7. The van der Waals surface area contributed by atoms with E-state index in [-0.39, 0.29) is 43.0 Å². The molecule has 4 rings (SSSR count). The van der Waals surface area contributed by atoms with Crippen LogP contribution in [0.4, 0.5) is 13.2 Å². The highest BCUT2D eigenvalue weighted by Gasteiger charge is 2.34. The van der Waals surface area contributed by atoms with Crippen LogP contribution in [0.25, 0.3) is 11.1 Å². The molecular weight excluding hydrogens is 557 g/mol. The first-order chi connectivity index (χ1) is 19.3. The number of carbonyl (C=O) groups is 1. The van der Waals surface area contributed by atoms with E-state index >= 15 is 0 Å². The highest BCUT2D eigenvalue weighted by atomic mass is 32.2. The molecule has 7 nitrogen and oxygen atoms in total. The molecule has 220 valence electrons. The van der Waals surface area contributed by atoms with Crippen LogP contribution in [0.2, 0.25) is 0 Å². The maximum atomic E-state index is 13.9. The van der Waals surface area contributed by atoms with Crippen LogP contribution in [-0.2, 0) is 27.5 Å². The largest absolute Gasteiger partial charge is 0.416 e. The van der Waals surface area contributed by atoms with E-state index in [2.05, 4.69) is 0 Å². The molecule has 1 N–H and O–H groups in total. The van der Waals surface area contributed by atoms with Gasteiger partial charge < -0.3 is 14.7 Å². The fraction of sp³-hybridized carbons (Fsp3) is 0.367. The van der Waals surface area contributed by atoms with Crippen LogP contribution in [0.3, 0.4) is 0 Å². The summed E-state index contributed by atoms with van der Waals surface area (Å²) in [6, 6.07) is 17.5. The number of likely N-dealkylation sites (N-methyl/N-ethyl adjacent to an activating group) is 1. The molecule has 1 amide bonds. The zero-order chi connectivity index (χ0) is 29.9. The molecule has 0 radical (unpaired) electrons. The monoisotopic (exact) mass is 590 g/mol. The lowest BCUT2D eigenvalue weighted by molar-refractivity contribution is -0.137. The number of amides is 1. The summed E-state index contributed by atoms with van der Waals surface area (Å²) in [7, 11) is -2.81. The molecule has 41 heavy (non-hydrogen) atoms. The topological polar surface area (TPSA) is 87.2 Å². The molecule has 11 heteroatoms. The van der Waals surface area contributed by atoms with Crippen LogP contribution in [0.15, 0.2) is 77.7 Å². The number of benzene rings is 3. The van der Waals surface area contributed by atoms with Gasteiger partial charge in [0.15, 0.2) is 0 Å². The summed E-state index contributed by atoms with van der Waals surface area (Å²) in [5.41, 5.74) is 1.86. The van der Waals surface area contributed by atoms with Gasteiger partial charge in [0.25, 0.3) is 5.91 Å². The lowest BCUT2D eigenvalue weighted by atomic mass is 9.94. The van der Waals surface area contributed by atoms with Crippen molar-refractivity contribution in [2.75, 3.05) is 26.7 Å². The normalized spacial score (nSPS) is 19.3. The standard InChI is InChI=1S/C30H33F3N2O5S/c1-20-16-35(21(2)18-36)29(37)27-11-7-6-10-26(27)25-9-5-4-8-22(25)19-40-28(20)17-34(3)41(38,39)24-14-12-23(13-15-24)30(31,32)33/h4-15,20-21,28,36H,16-19H2,1-3H3/t20-,21+,28+/m1/s1. The molecule has 3 aromatic carbocycles. The molecule has 3 atom stereocenters. The molecule has 1 aliphatic rings. The molecule has 0 unspecified atom stereocenters. The minimum atomic E-state index is -4.59. The van der Waals surface area contributed by atoms with Crippen LogP contribution >= 0.6 is 0 Å². The first-order valence-corrected chi connectivity index (χ1v) is 14.6. The number of nitrogens with zero attached hydrogens (tertiary/aromatic N) is 2. The maximum Gasteiger partial charge on any atom is 0.416 e. The van der Waals surface area contributed by atoms with Gasteiger partial charge in [0.2, 0.25) is 10.0 Å². The van der Waals surface area contributed by atoms with Gasteiger partial charge in [-0.3, -0.25) is 4.79 Å². The van der Waals surface area contributed by atoms with E-state index in [0.29, 0.717) is 5.56 Å². The first-order valence-electron chi connectivity index (χ1n) is 13.2. The van der Waals surface area contributed by atoms with Crippen molar-refractivity contribution in [1.82, 2.24) is 9.21 Å². The fourth-order valence-electron chi connectivity index (χ4n) is 4.90. The van der Waals surface area contributed by atoms with Crippen molar-refractivity contribution in [2.24, 2.45) is 5.92 Å². The second-order valence-corrected chi connectivity index (χ2v) is 12.4. The van der Waals surface area contributed by atoms with Crippen molar-refractivity contribution >= 4 is 15.9 Å². The van der Waals surface area contributed by atoms with Gasteiger partial charge in [-0.15, -0.1) is 0 Å². The van der Waals surface area contributed by atoms with Gasteiger partial charge in [-0.25, -0.2) is 8.42 Å². The Bertz CT molecular complexity index is 1480. The summed E-state index contributed by atoms with van der Waals surface area (Å²) in [5, 5.41) is 9.97. The fourth-order valence-corrected chi connectivity index (χ4v) is 6.08. The number of hydrogen-bond donors (Lipinski definition) is 1. The second-order valence-electron chi connectivity index (χ2n) is 10.3. The minimum absolute atomic E-state index is 0.116. The van der Waals surface area contributed by atoms with Crippen molar-refractivity contribution in [2.45, 2.75) is 43.7 Å². The number of ether oxygens (including phenoxy) is 1. The number of alkyl halides is 3. The molecule has 0 saturated carbocycles. The average molecular weight is 591 g/mol. The second kappa shape index (κ2) is 12.3. The van der Waals surface area contributed by atoms with E-state index in [1.54, 1.807) is 24.0 Å². The average Bonchev–Trinajstić information content (AvgIpc) is 2.97. The van der Waals surface area contributed by atoms with E-state index in [1.807, 2.05) is 43.3 Å². The molecule has 0 aromatic heterocycles.